The zero-order valence-electron chi connectivity index (χ0n) is 51.0. The monoisotopic (exact) mass is 1070 g/mol. The Balaban J connectivity index is 3.47. The van der Waals surface area contributed by atoms with Gasteiger partial charge in [0, 0.05) is 12.8 Å². The van der Waals surface area contributed by atoms with Crippen LogP contribution in [0.4, 0.5) is 0 Å². The largest absolute Gasteiger partial charge is 0.466 e. The topological polar surface area (TPSA) is 95.9 Å². The summed E-state index contributed by atoms with van der Waals surface area (Å²) in [5.74, 6) is -0.0722. The average molecular weight is 1070 g/mol. The number of hydrogen-bond acceptors (Lipinski definition) is 5. The van der Waals surface area contributed by atoms with Crippen molar-refractivity contribution in [2.75, 3.05) is 13.2 Å². The van der Waals surface area contributed by atoms with Gasteiger partial charge in [-0.2, -0.15) is 0 Å². The fourth-order valence-corrected chi connectivity index (χ4v) is 10.4. The first-order valence-corrected chi connectivity index (χ1v) is 33.9. The van der Waals surface area contributed by atoms with Crippen molar-refractivity contribution in [3.63, 3.8) is 0 Å². The number of carbonyl (C=O) groups excluding carboxylic acids is 2. The molecule has 6 heteroatoms. The number of nitrogens with one attached hydrogen (secondary N) is 1. The zero-order chi connectivity index (χ0) is 55.0. The molecule has 0 spiro atoms. The maximum Gasteiger partial charge on any atom is 0.305 e. The fraction of sp³-hybridized carbons (Fsp3) is 0.857. The van der Waals surface area contributed by atoms with Crippen molar-refractivity contribution in [2.45, 2.75) is 373 Å². The van der Waals surface area contributed by atoms with Gasteiger partial charge in [0.15, 0.2) is 0 Å². The maximum absolute atomic E-state index is 12.5. The number of allylic oxidation sites excluding steroid dienone is 7. The first-order valence-electron chi connectivity index (χ1n) is 33.9. The van der Waals surface area contributed by atoms with E-state index in [1.807, 2.05) is 6.08 Å². The molecule has 0 aliphatic carbocycles. The minimum absolute atomic E-state index is 0.000713. The molecule has 76 heavy (non-hydrogen) atoms. The molecule has 0 saturated carbocycles. The third-order valence-electron chi connectivity index (χ3n) is 15.6. The number of rotatable bonds is 63. The molecule has 6 nitrogen and oxygen atoms in total. The van der Waals surface area contributed by atoms with Crippen LogP contribution in [0.2, 0.25) is 0 Å². The van der Waals surface area contributed by atoms with E-state index in [1.54, 1.807) is 6.08 Å². The summed E-state index contributed by atoms with van der Waals surface area (Å²) in [7, 11) is 0. The average Bonchev–Trinajstić information content (AvgIpc) is 3.42. The van der Waals surface area contributed by atoms with Gasteiger partial charge in [-0.3, -0.25) is 9.59 Å². The van der Waals surface area contributed by atoms with Gasteiger partial charge in [0.1, 0.15) is 0 Å². The second kappa shape index (κ2) is 65.3. The molecule has 0 aliphatic rings. The van der Waals surface area contributed by atoms with Gasteiger partial charge < -0.3 is 20.3 Å². The highest BCUT2D eigenvalue weighted by atomic mass is 16.5. The molecule has 2 unspecified atom stereocenters. The zero-order valence-corrected chi connectivity index (χ0v) is 51.0. The van der Waals surface area contributed by atoms with Crippen molar-refractivity contribution in [3.8, 4) is 0 Å². The van der Waals surface area contributed by atoms with Crippen molar-refractivity contribution in [3.05, 3.63) is 48.6 Å². The molecular formula is C70H131NO5. The molecule has 0 aliphatic heterocycles. The van der Waals surface area contributed by atoms with Crippen molar-refractivity contribution < 1.29 is 24.5 Å². The van der Waals surface area contributed by atoms with E-state index in [1.165, 1.54) is 283 Å². The summed E-state index contributed by atoms with van der Waals surface area (Å²) in [6, 6.07) is -0.634. The van der Waals surface area contributed by atoms with Crippen LogP contribution in [-0.2, 0) is 14.3 Å². The lowest BCUT2D eigenvalue weighted by Gasteiger charge is -2.20. The van der Waals surface area contributed by atoms with Crippen LogP contribution in [0.15, 0.2) is 48.6 Å². The van der Waals surface area contributed by atoms with E-state index < -0.39 is 12.1 Å². The minimum atomic E-state index is -0.850. The van der Waals surface area contributed by atoms with Gasteiger partial charge in [0.25, 0.3) is 0 Å². The van der Waals surface area contributed by atoms with E-state index in [4.69, 9.17) is 4.74 Å². The number of aliphatic hydroxyl groups is 2. The first kappa shape index (κ1) is 73.8. The van der Waals surface area contributed by atoms with Crippen molar-refractivity contribution in [1.82, 2.24) is 5.32 Å². The van der Waals surface area contributed by atoms with Crippen LogP contribution in [0.3, 0.4) is 0 Å². The highest BCUT2D eigenvalue weighted by molar-refractivity contribution is 5.76. The van der Waals surface area contributed by atoms with Gasteiger partial charge in [-0.25, -0.2) is 0 Å². The molecular weight excluding hydrogens is 935 g/mol. The lowest BCUT2D eigenvalue weighted by molar-refractivity contribution is -0.143. The van der Waals surface area contributed by atoms with E-state index in [2.05, 4.69) is 55.6 Å². The summed E-state index contributed by atoms with van der Waals surface area (Å²) in [6.45, 7) is 4.90. The molecule has 0 rings (SSSR count). The molecule has 0 aromatic rings. The molecule has 0 bridgehead atoms. The summed E-state index contributed by atoms with van der Waals surface area (Å²) in [5, 5.41) is 23.2. The molecule has 0 aromatic carbocycles. The number of ether oxygens (including phenoxy) is 1. The van der Waals surface area contributed by atoms with E-state index in [-0.39, 0.29) is 18.5 Å². The van der Waals surface area contributed by atoms with Gasteiger partial charge in [-0.05, 0) is 89.9 Å². The van der Waals surface area contributed by atoms with Gasteiger partial charge in [-0.15, -0.1) is 0 Å². The number of aliphatic hydroxyl groups excluding tert-OH is 2. The van der Waals surface area contributed by atoms with Crippen LogP contribution >= 0.6 is 0 Å². The summed E-state index contributed by atoms with van der Waals surface area (Å²) < 4.78 is 5.47. The summed E-state index contributed by atoms with van der Waals surface area (Å²) in [4.78, 5) is 24.5. The number of unbranched alkanes of at least 4 members (excludes halogenated alkanes) is 46. The molecule has 0 saturated heterocycles. The molecule has 0 radical (unpaired) electrons. The Bertz CT molecular complexity index is 1270. The van der Waals surface area contributed by atoms with Gasteiger partial charge in [-0.1, -0.05) is 306 Å². The normalized spacial score (nSPS) is 12.8. The van der Waals surface area contributed by atoms with Gasteiger partial charge in [0.05, 0.1) is 25.4 Å². The standard InChI is InChI=1S/C70H131NO5/c1-3-5-7-9-11-13-15-17-18-19-20-26-29-32-35-39-42-46-50-54-58-62-68(73)67(66-72)71-69(74)63-59-55-51-47-43-40-36-33-30-27-24-22-21-23-25-28-31-34-37-41-45-49-53-57-61-65-76-70(75)64-60-56-52-48-44-38-16-14-12-10-8-6-4-2/h14,16,22-25,58,62,67-68,72-73H,3-13,15,17-21,26-57,59-61,63-66H2,1-2H3,(H,71,74)/b16-14-,24-22-,25-23-,62-58+. The molecule has 0 fully saturated rings. The lowest BCUT2D eigenvalue weighted by atomic mass is 10.0. The fourth-order valence-electron chi connectivity index (χ4n) is 10.4. The van der Waals surface area contributed by atoms with Crippen LogP contribution in [0.1, 0.15) is 361 Å². The Morgan fingerprint density at radius 3 is 1.03 bits per heavy atom. The highest BCUT2D eigenvalue weighted by Crippen LogP contribution is 2.17. The summed E-state index contributed by atoms with van der Waals surface area (Å²) in [6.07, 6.45) is 84.6. The van der Waals surface area contributed by atoms with Crippen LogP contribution in [0.5, 0.6) is 0 Å². The SMILES string of the molecule is CCCCCC/C=C\CCCCCCCC(=O)OCCCCCCCCCCC/C=C\C/C=C\CCCCCCCCCCCC(=O)NC(CO)C(O)/C=C/CCCCCCCCCCCCCCCCCCCCC. The molecule has 446 valence electrons. The van der Waals surface area contributed by atoms with Crippen molar-refractivity contribution >= 4 is 11.9 Å². The second-order valence-corrected chi connectivity index (χ2v) is 23.1. The van der Waals surface area contributed by atoms with Crippen molar-refractivity contribution in [1.29, 1.82) is 0 Å². The van der Waals surface area contributed by atoms with E-state index in [0.717, 1.165) is 51.4 Å². The Labute approximate surface area is 474 Å². The third kappa shape index (κ3) is 61.0. The van der Waals surface area contributed by atoms with Crippen LogP contribution in [-0.4, -0.2) is 47.4 Å². The molecule has 0 aromatic heterocycles. The predicted molar refractivity (Wildman–Crippen MR) is 333 cm³/mol. The summed E-state index contributed by atoms with van der Waals surface area (Å²) in [5.41, 5.74) is 0. The van der Waals surface area contributed by atoms with Gasteiger partial charge in [0.2, 0.25) is 5.91 Å². The second-order valence-electron chi connectivity index (χ2n) is 23.1. The number of esters is 1. The molecule has 0 heterocycles. The smallest absolute Gasteiger partial charge is 0.305 e. The quantitative estimate of drug-likeness (QED) is 0.0320. The summed E-state index contributed by atoms with van der Waals surface area (Å²) >= 11 is 0. The Kier molecular flexibility index (Phi) is 63.5. The van der Waals surface area contributed by atoms with E-state index in [9.17, 15) is 19.8 Å². The first-order chi connectivity index (χ1) is 37.5. The van der Waals surface area contributed by atoms with Crippen molar-refractivity contribution in [2.24, 2.45) is 0 Å². The maximum atomic E-state index is 12.5. The molecule has 3 N–H and O–H groups in total. The third-order valence-corrected chi connectivity index (χ3v) is 15.6. The van der Waals surface area contributed by atoms with Gasteiger partial charge >= 0.3 is 5.97 Å². The Morgan fingerprint density at radius 2 is 0.658 bits per heavy atom. The lowest BCUT2D eigenvalue weighted by Crippen LogP contribution is -2.45. The van der Waals surface area contributed by atoms with Crippen LogP contribution < -0.4 is 5.32 Å². The molecule has 2 atom stereocenters. The predicted octanol–water partition coefficient (Wildman–Crippen LogP) is 21.7. The Morgan fingerprint density at radius 1 is 0.368 bits per heavy atom. The minimum Gasteiger partial charge on any atom is -0.466 e. The molecule has 1 amide bonds. The van der Waals surface area contributed by atoms with E-state index >= 15 is 0 Å². The highest BCUT2D eigenvalue weighted by Gasteiger charge is 2.18. The van der Waals surface area contributed by atoms with Crippen LogP contribution in [0.25, 0.3) is 0 Å². The van der Waals surface area contributed by atoms with Crippen LogP contribution in [0, 0.1) is 0 Å². The van der Waals surface area contributed by atoms with E-state index in [0.29, 0.717) is 19.4 Å². The number of carbonyl (C=O) groups is 2. The number of amides is 1. The number of hydrogen-bond donors (Lipinski definition) is 3. The Hall–Kier alpha value is -2.18.